The van der Waals surface area contributed by atoms with E-state index in [1.807, 2.05) is 0 Å². The minimum absolute atomic E-state index is 0.00126. The third-order valence-electron chi connectivity index (χ3n) is 6.14. The Kier molecular flexibility index (Phi) is 7.99. The van der Waals surface area contributed by atoms with Crippen molar-refractivity contribution in [3.63, 3.8) is 0 Å². The first-order valence-electron chi connectivity index (χ1n) is 11.8. The standard InChI is InChI=1S/C27H28FN3O5/c1-35-22-9-4-8-21(16-22)31(24(32)17-29-26(33)23-10-5-15-36-23)25(18-11-13-19(28)14-12-18)27(34)30-20-6-2-3-7-20/h4-5,8-16,20,25H,2-3,6-7,17H2,1H3,(H,29,33)(H,30,34)/t25-/m0/s1. The first kappa shape index (κ1) is 25.0. The summed E-state index contributed by atoms with van der Waals surface area (Å²) in [5.74, 6) is -1.41. The molecular formula is C27H28FN3O5. The molecule has 1 fully saturated rings. The van der Waals surface area contributed by atoms with Gasteiger partial charge in [-0.05, 0) is 54.8 Å². The molecule has 3 amide bonds. The number of anilines is 1. The number of ether oxygens (including phenoxy) is 1. The molecule has 1 saturated carbocycles. The number of hydrogen-bond donors (Lipinski definition) is 2. The number of nitrogens with one attached hydrogen (secondary N) is 2. The van der Waals surface area contributed by atoms with Crippen LogP contribution in [-0.4, -0.2) is 37.4 Å². The summed E-state index contributed by atoms with van der Waals surface area (Å²) in [6, 6.07) is 14.1. The van der Waals surface area contributed by atoms with Crippen molar-refractivity contribution in [2.75, 3.05) is 18.6 Å². The number of hydrogen-bond acceptors (Lipinski definition) is 5. The highest BCUT2D eigenvalue weighted by molar-refractivity contribution is 6.04. The Bertz CT molecular complexity index is 1190. The van der Waals surface area contributed by atoms with E-state index in [2.05, 4.69) is 10.6 Å². The number of halogens is 1. The molecule has 188 valence electrons. The van der Waals surface area contributed by atoms with Crippen LogP contribution in [0.4, 0.5) is 10.1 Å². The highest BCUT2D eigenvalue weighted by atomic mass is 19.1. The van der Waals surface area contributed by atoms with Gasteiger partial charge in [-0.3, -0.25) is 19.3 Å². The van der Waals surface area contributed by atoms with Gasteiger partial charge in [0.15, 0.2) is 5.76 Å². The monoisotopic (exact) mass is 493 g/mol. The Morgan fingerprint density at radius 2 is 1.83 bits per heavy atom. The Morgan fingerprint density at radius 1 is 1.08 bits per heavy atom. The number of carbonyl (C=O) groups excluding carboxylic acids is 3. The van der Waals surface area contributed by atoms with Gasteiger partial charge in [0.2, 0.25) is 11.8 Å². The van der Waals surface area contributed by atoms with Crippen molar-refractivity contribution in [2.24, 2.45) is 0 Å². The predicted octanol–water partition coefficient (Wildman–Crippen LogP) is 3.99. The molecule has 1 aromatic heterocycles. The largest absolute Gasteiger partial charge is 0.497 e. The first-order chi connectivity index (χ1) is 17.5. The summed E-state index contributed by atoms with van der Waals surface area (Å²) < 4.78 is 24.2. The first-order valence-corrected chi connectivity index (χ1v) is 11.8. The van der Waals surface area contributed by atoms with Crippen LogP contribution in [0.5, 0.6) is 5.75 Å². The normalized spacial score (nSPS) is 14.2. The lowest BCUT2D eigenvalue weighted by Crippen LogP contribution is -2.49. The predicted molar refractivity (Wildman–Crippen MR) is 131 cm³/mol. The summed E-state index contributed by atoms with van der Waals surface area (Å²) in [7, 11) is 1.50. The van der Waals surface area contributed by atoms with Crippen LogP contribution in [0.25, 0.3) is 0 Å². The molecule has 36 heavy (non-hydrogen) atoms. The molecule has 1 atom stereocenters. The van der Waals surface area contributed by atoms with E-state index in [4.69, 9.17) is 9.15 Å². The lowest BCUT2D eigenvalue weighted by Gasteiger charge is -2.32. The van der Waals surface area contributed by atoms with Gasteiger partial charge in [-0.2, -0.15) is 0 Å². The molecule has 9 heteroatoms. The number of rotatable bonds is 9. The molecule has 2 N–H and O–H groups in total. The molecule has 1 heterocycles. The molecule has 0 unspecified atom stereocenters. The van der Waals surface area contributed by atoms with Crippen LogP contribution in [-0.2, 0) is 9.59 Å². The van der Waals surface area contributed by atoms with E-state index in [0.29, 0.717) is 17.0 Å². The number of methoxy groups -OCH3 is 1. The van der Waals surface area contributed by atoms with Gasteiger partial charge in [-0.15, -0.1) is 0 Å². The third-order valence-corrected chi connectivity index (χ3v) is 6.14. The molecule has 0 saturated heterocycles. The van der Waals surface area contributed by atoms with Gasteiger partial charge in [0.1, 0.15) is 17.6 Å². The lowest BCUT2D eigenvalue weighted by atomic mass is 10.0. The Labute approximate surface area is 208 Å². The van der Waals surface area contributed by atoms with Crippen LogP contribution in [0.1, 0.15) is 47.8 Å². The zero-order valence-corrected chi connectivity index (χ0v) is 19.9. The molecular weight excluding hydrogens is 465 g/mol. The molecule has 0 radical (unpaired) electrons. The van der Waals surface area contributed by atoms with Crippen molar-refractivity contribution >= 4 is 23.4 Å². The second-order valence-corrected chi connectivity index (χ2v) is 8.57. The second kappa shape index (κ2) is 11.5. The van der Waals surface area contributed by atoms with Crippen LogP contribution in [0.2, 0.25) is 0 Å². The average Bonchev–Trinajstić information content (AvgIpc) is 3.61. The quantitative estimate of drug-likeness (QED) is 0.470. The maximum atomic E-state index is 13.8. The van der Waals surface area contributed by atoms with Gasteiger partial charge in [0, 0.05) is 17.8 Å². The van der Waals surface area contributed by atoms with E-state index in [1.165, 1.54) is 48.6 Å². The van der Waals surface area contributed by atoms with Crippen molar-refractivity contribution < 1.29 is 27.9 Å². The fourth-order valence-electron chi connectivity index (χ4n) is 4.35. The molecule has 2 aromatic carbocycles. The zero-order valence-electron chi connectivity index (χ0n) is 19.9. The van der Waals surface area contributed by atoms with Crippen LogP contribution < -0.4 is 20.3 Å². The summed E-state index contributed by atoms with van der Waals surface area (Å²) in [5, 5.41) is 5.60. The van der Waals surface area contributed by atoms with E-state index < -0.39 is 30.2 Å². The highest BCUT2D eigenvalue weighted by Crippen LogP contribution is 2.31. The van der Waals surface area contributed by atoms with E-state index in [1.54, 1.807) is 30.3 Å². The molecule has 1 aliphatic carbocycles. The summed E-state index contributed by atoms with van der Waals surface area (Å²) in [6.07, 6.45) is 5.10. The molecule has 0 bridgehead atoms. The average molecular weight is 494 g/mol. The molecule has 4 rings (SSSR count). The molecule has 0 spiro atoms. The van der Waals surface area contributed by atoms with Crippen LogP contribution in [0.3, 0.4) is 0 Å². The van der Waals surface area contributed by atoms with E-state index in [0.717, 1.165) is 25.7 Å². The number of carbonyl (C=O) groups is 3. The fourth-order valence-corrected chi connectivity index (χ4v) is 4.35. The van der Waals surface area contributed by atoms with Gasteiger partial charge in [-0.1, -0.05) is 31.0 Å². The van der Waals surface area contributed by atoms with Crippen molar-refractivity contribution in [1.29, 1.82) is 0 Å². The number of furan rings is 1. The van der Waals surface area contributed by atoms with Gasteiger partial charge in [0.25, 0.3) is 5.91 Å². The van der Waals surface area contributed by atoms with E-state index >= 15 is 0 Å². The van der Waals surface area contributed by atoms with Crippen molar-refractivity contribution in [3.8, 4) is 5.75 Å². The Morgan fingerprint density at radius 3 is 2.50 bits per heavy atom. The third kappa shape index (κ3) is 5.91. The molecule has 1 aliphatic rings. The second-order valence-electron chi connectivity index (χ2n) is 8.57. The summed E-state index contributed by atoms with van der Waals surface area (Å²) >= 11 is 0. The van der Waals surface area contributed by atoms with Crippen LogP contribution in [0, 0.1) is 5.82 Å². The summed E-state index contributed by atoms with van der Waals surface area (Å²) in [5.41, 5.74) is 0.822. The SMILES string of the molecule is COc1cccc(N(C(=O)CNC(=O)c2ccco2)[C@H](C(=O)NC2CCCC2)c2ccc(F)cc2)c1. The van der Waals surface area contributed by atoms with Crippen LogP contribution >= 0.6 is 0 Å². The Balaban J connectivity index is 1.70. The fraction of sp³-hybridized carbons (Fsp3) is 0.296. The number of benzene rings is 2. The molecule has 0 aliphatic heterocycles. The van der Waals surface area contributed by atoms with Crippen molar-refractivity contribution in [3.05, 3.63) is 84.1 Å². The zero-order chi connectivity index (χ0) is 25.5. The number of nitrogens with zero attached hydrogens (tertiary/aromatic N) is 1. The van der Waals surface area contributed by atoms with Crippen LogP contribution in [0.15, 0.2) is 71.3 Å². The smallest absolute Gasteiger partial charge is 0.287 e. The van der Waals surface area contributed by atoms with Gasteiger partial charge < -0.3 is 19.8 Å². The van der Waals surface area contributed by atoms with E-state index in [-0.39, 0.29) is 17.7 Å². The summed E-state index contributed by atoms with van der Waals surface area (Å²) in [6.45, 7) is -0.398. The Hall–Kier alpha value is -4.14. The minimum atomic E-state index is -1.11. The highest BCUT2D eigenvalue weighted by Gasteiger charge is 2.34. The topological polar surface area (TPSA) is 101 Å². The summed E-state index contributed by atoms with van der Waals surface area (Å²) in [4.78, 5) is 41.0. The number of amides is 3. The minimum Gasteiger partial charge on any atom is -0.497 e. The van der Waals surface area contributed by atoms with Gasteiger partial charge in [0.05, 0.1) is 19.9 Å². The molecule has 3 aromatic rings. The van der Waals surface area contributed by atoms with Crippen molar-refractivity contribution in [2.45, 2.75) is 37.8 Å². The lowest BCUT2D eigenvalue weighted by molar-refractivity contribution is -0.126. The van der Waals surface area contributed by atoms with Gasteiger partial charge in [-0.25, -0.2) is 4.39 Å². The maximum absolute atomic E-state index is 13.8. The van der Waals surface area contributed by atoms with E-state index in [9.17, 15) is 18.8 Å². The maximum Gasteiger partial charge on any atom is 0.287 e. The van der Waals surface area contributed by atoms with Crippen molar-refractivity contribution in [1.82, 2.24) is 10.6 Å². The van der Waals surface area contributed by atoms with Gasteiger partial charge >= 0.3 is 0 Å². The molecule has 8 nitrogen and oxygen atoms in total.